The average molecular weight is 251 g/mol. The molecule has 0 bridgehead atoms. The Morgan fingerprint density at radius 1 is 1.22 bits per heavy atom. The van der Waals surface area contributed by atoms with Gasteiger partial charge in [0, 0.05) is 17.4 Å². The summed E-state index contributed by atoms with van der Waals surface area (Å²) >= 11 is 0. The maximum absolute atomic E-state index is 12.0. The van der Waals surface area contributed by atoms with Crippen molar-refractivity contribution in [1.82, 2.24) is 4.57 Å². The summed E-state index contributed by atoms with van der Waals surface area (Å²) in [6.07, 6.45) is -0.695. The van der Waals surface area contributed by atoms with Gasteiger partial charge in [0.2, 0.25) is 0 Å². The Morgan fingerprint density at radius 2 is 1.78 bits per heavy atom. The first kappa shape index (κ1) is 14.5. The summed E-state index contributed by atoms with van der Waals surface area (Å²) in [4.78, 5) is 23.1. The minimum atomic E-state index is -0.695. The van der Waals surface area contributed by atoms with E-state index in [1.54, 1.807) is 6.92 Å². The van der Waals surface area contributed by atoms with Crippen LogP contribution in [0.1, 0.15) is 55.5 Å². The molecule has 0 unspecified atom stereocenters. The zero-order valence-corrected chi connectivity index (χ0v) is 11.9. The van der Waals surface area contributed by atoms with Crippen LogP contribution in [0.3, 0.4) is 0 Å². The van der Waals surface area contributed by atoms with Gasteiger partial charge in [-0.15, -0.1) is 0 Å². The number of aromatic nitrogens is 1. The fourth-order valence-electron chi connectivity index (χ4n) is 2.09. The third-order valence-electron chi connectivity index (χ3n) is 3.08. The first-order valence-electron chi connectivity index (χ1n) is 6.15. The van der Waals surface area contributed by atoms with Crippen LogP contribution in [0.2, 0.25) is 0 Å². The Morgan fingerprint density at radius 3 is 2.17 bits per heavy atom. The SMILES string of the molecule is CC(=O)[C@@H](C)OC(=O)c1cc(C)n(C(C)C)c1C. The van der Waals surface area contributed by atoms with Crippen molar-refractivity contribution in [3.05, 3.63) is 23.0 Å². The molecule has 1 aromatic rings. The molecule has 0 aliphatic heterocycles. The van der Waals surface area contributed by atoms with E-state index >= 15 is 0 Å². The van der Waals surface area contributed by atoms with Crippen LogP contribution in [-0.4, -0.2) is 22.4 Å². The number of carbonyl (C=O) groups is 2. The Hall–Kier alpha value is -1.58. The van der Waals surface area contributed by atoms with Crippen LogP contribution in [0.4, 0.5) is 0 Å². The second-order valence-electron chi connectivity index (χ2n) is 4.91. The summed E-state index contributed by atoms with van der Waals surface area (Å²) < 4.78 is 7.20. The molecular formula is C14H21NO3. The second-order valence-corrected chi connectivity index (χ2v) is 4.91. The fraction of sp³-hybridized carbons (Fsp3) is 0.571. The van der Waals surface area contributed by atoms with Gasteiger partial charge in [-0.05, 0) is 47.6 Å². The Bertz CT molecular complexity index is 472. The number of hydrogen-bond donors (Lipinski definition) is 0. The van der Waals surface area contributed by atoms with Gasteiger partial charge in [0.15, 0.2) is 11.9 Å². The lowest BCUT2D eigenvalue weighted by Crippen LogP contribution is -2.22. The number of nitrogens with zero attached hydrogens (tertiary/aromatic N) is 1. The highest BCUT2D eigenvalue weighted by atomic mass is 16.5. The van der Waals surface area contributed by atoms with Crippen molar-refractivity contribution in [1.29, 1.82) is 0 Å². The molecule has 18 heavy (non-hydrogen) atoms. The third-order valence-corrected chi connectivity index (χ3v) is 3.08. The number of rotatable bonds is 4. The highest BCUT2D eigenvalue weighted by molar-refractivity contribution is 5.93. The fourth-order valence-corrected chi connectivity index (χ4v) is 2.09. The minimum Gasteiger partial charge on any atom is -0.451 e. The maximum Gasteiger partial charge on any atom is 0.340 e. The zero-order chi connectivity index (χ0) is 14.0. The molecule has 1 heterocycles. The van der Waals surface area contributed by atoms with E-state index in [0.717, 1.165) is 11.4 Å². The van der Waals surface area contributed by atoms with E-state index in [4.69, 9.17) is 4.74 Å². The molecule has 0 spiro atoms. The van der Waals surface area contributed by atoms with Gasteiger partial charge in [0.25, 0.3) is 0 Å². The van der Waals surface area contributed by atoms with Gasteiger partial charge in [-0.1, -0.05) is 0 Å². The van der Waals surface area contributed by atoms with Crippen molar-refractivity contribution < 1.29 is 14.3 Å². The van der Waals surface area contributed by atoms with E-state index in [2.05, 4.69) is 18.4 Å². The van der Waals surface area contributed by atoms with Crippen LogP contribution in [0.15, 0.2) is 6.07 Å². The first-order valence-corrected chi connectivity index (χ1v) is 6.15. The van der Waals surface area contributed by atoms with Crippen LogP contribution in [0.25, 0.3) is 0 Å². The van der Waals surface area contributed by atoms with Crippen LogP contribution in [0.5, 0.6) is 0 Å². The molecule has 0 fully saturated rings. The highest BCUT2D eigenvalue weighted by Gasteiger charge is 2.21. The molecule has 4 nitrogen and oxygen atoms in total. The quantitative estimate of drug-likeness (QED) is 0.773. The normalized spacial score (nSPS) is 12.6. The Balaban J connectivity index is 3.01. The number of aryl methyl sites for hydroxylation is 1. The van der Waals surface area contributed by atoms with E-state index in [-0.39, 0.29) is 11.8 Å². The lowest BCUT2D eigenvalue weighted by Gasteiger charge is -2.14. The predicted molar refractivity (Wildman–Crippen MR) is 69.8 cm³/mol. The lowest BCUT2D eigenvalue weighted by molar-refractivity contribution is -0.124. The van der Waals surface area contributed by atoms with Gasteiger partial charge >= 0.3 is 5.97 Å². The van der Waals surface area contributed by atoms with E-state index in [9.17, 15) is 9.59 Å². The highest BCUT2D eigenvalue weighted by Crippen LogP contribution is 2.21. The predicted octanol–water partition coefficient (Wildman–Crippen LogP) is 2.82. The molecule has 0 saturated carbocycles. The summed E-state index contributed by atoms with van der Waals surface area (Å²) in [5.41, 5.74) is 2.43. The summed E-state index contributed by atoms with van der Waals surface area (Å²) in [5, 5.41) is 0. The maximum atomic E-state index is 12.0. The Labute approximate surface area is 108 Å². The van der Waals surface area contributed by atoms with E-state index in [1.165, 1.54) is 6.92 Å². The van der Waals surface area contributed by atoms with Crippen LogP contribution in [0, 0.1) is 13.8 Å². The smallest absolute Gasteiger partial charge is 0.340 e. The summed E-state index contributed by atoms with van der Waals surface area (Å²) in [6.45, 7) is 11.0. The molecule has 1 rings (SSSR count). The average Bonchev–Trinajstić information content (AvgIpc) is 2.53. The summed E-state index contributed by atoms with van der Waals surface area (Å²) in [7, 11) is 0. The van der Waals surface area contributed by atoms with Gasteiger partial charge in [0.1, 0.15) is 0 Å². The van der Waals surface area contributed by atoms with Crippen molar-refractivity contribution in [2.75, 3.05) is 0 Å². The molecule has 0 N–H and O–H groups in total. The second kappa shape index (κ2) is 5.38. The lowest BCUT2D eigenvalue weighted by atomic mass is 10.2. The molecule has 0 aromatic carbocycles. The molecular weight excluding hydrogens is 230 g/mol. The molecule has 0 saturated heterocycles. The molecule has 0 aliphatic carbocycles. The summed E-state index contributed by atoms with van der Waals surface area (Å²) in [6, 6.07) is 2.10. The van der Waals surface area contributed by atoms with Crippen molar-refractivity contribution in [2.24, 2.45) is 0 Å². The monoisotopic (exact) mass is 251 g/mol. The molecule has 0 radical (unpaired) electrons. The van der Waals surface area contributed by atoms with Gasteiger partial charge in [-0.25, -0.2) is 4.79 Å². The zero-order valence-electron chi connectivity index (χ0n) is 11.9. The Kier molecular flexibility index (Phi) is 4.33. The van der Waals surface area contributed by atoms with Crippen molar-refractivity contribution in [3.63, 3.8) is 0 Å². The van der Waals surface area contributed by atoms with Gasteiger partial charge < -0.3 is 9.30 Å². The van der Waals surface area contributed by atoms with E-state index < -0.39 is 12.1 Å². The molecule has 100 valence electrons. The van der Waals surface area contributed by atoms with E-state index in [0.29, 0.717) is 5.56 Å². The topological polar surface area (TPSA) is 48.3 Å². The van der Waals surface area contributed by atoms with Crippen LogP contribution in [-0.2, 0) is 9.53 Å². The molecule has 0 aliphatic rings. The summed E-state index contributed by atoms with van der Waals surface area (Å²) in [5.74, 6) is -0.585. The standard InChI is InChI=1S/C14H21NO3/c1-8(2)15-9(3)7-13(10(15)4)14(17)18-12(6)11(5)16/h7-8,12H,1-6H3/t12-/m1/s1. The third kappa shape index (κ3) is 2.81. The van der Waals surface area contributed by atoms with Crippen molar-refractivity contribution in [3.8, 4) is 0 Å². The molecule has 1 aromatic heterocycles. The number of carbonyl (C=O) groups excluding carboxylic acids is 2. The number of ketones is 1. The number of hydrogen-bond acceptors (Lipinski definition) is 3. The van der Waals surface area contributed by atoms with Gasteiger partial charge in [-0.2, -0.15) is 0 Å². The number of esters is 1. The first-order chi connectivity index (χ1) is 8.25. The van der Waals surface area contributed by atoms with Gasteiger partial charge in [-0.3, -0.25) is 4.79 Å². The molecule has 4 heteroatoms. The number of ether oxygens (including phenoxy) is 1. The van der Waals surface area contributed by atoms with Crippen molar-refractivity contribution >= 4 is 11.8 Å². The largest absolute Gasteiger partial charge is 0.451 e. The van der Waals surface area contributed by atoms with Crippen LogP contribution < -0.4 is 0 Å². The molecule has 0 amide bonds. The van der Waals surface area contributed by atoms with E-state index in [1.807, 2.05) is 19.9 Å². The molecule has 1 atom stereocenters. The van der Waals surface area contributed by atoms with Crippen molar-refractivity contribution in [2.45, 2.75) is 53.7 Å². The minimum absolute atomic E-state index is 0.152. The number of Topliss-reactive ketones (excluding diaryl/α,β-unsaturated/α-hetero) is 1. The van der Waals surface area contributed by atoms with Gasteiger partial charge in [0.05, 0.1) is 5.56 Å². The van der Waals surface area contributed by atoms with Crippen LogP contribution >= 0.6 is 0 Å².